The van der Waals surface area contributed by atoms with Crippen LogP contribution in [0.5, 0.6) is 0 Å². The molecule has 0 aliphatic carbocycles. The Morgan fingerprint density at radius 2 is 2.05 bits per heavy atom. The summed E-state index contributed by atoms with van der Waals surface area (Å²) in [4.78, 5) is 5.15. The number of hydrogen-bond donors (Lipinski definition) is 1. The van der Waals surface area contributed by atoms with Crippen LogP contribution in [0.1, 0.15) is 39.5 Å². The van der Waals surface area contributed by atoms with E-state index in [4.69, 9.17) is 10.5 Å². The molecule has 0 bridgehead atoms. The summed E-state index contributed by atoms with van der Waals surface area (Å²) >= 11 is 0. The predicted molar refractivity (Wildman–Crippen MR) is 81.5 cm³/mol. The van der Waals surface area contributed by atoms with Crippen molar-refractivity contribution >= 4 is 0 Å². The Labute approximate surface area is 119 Å². The first-order valence-electron chi connectivity index (χ1n) is 7.88. The molecule has 0 spiro atoms. The number of likely N-dealkylation sites (tertiary alicyclic amines) is 1. The van der Waals surface area contributed by atoms with E-state index in [-0.39, 0.29) is 5.54 Å². The van der Waals surface area contributed by atoms with Gasteiger partial charge in [0.1, 0.15) is 0 Å². The Hall–Kier alpha value is -0.160. The van der Waals surface area contributed by atoms with Gasteiger partial charge >= 0.3 is 0 Å². The van der Waals surface area contributed by atoms with Crippen molar-refractivity contribution in [1.29, 1.82) is 0 Å². The minimum Gasteiger partial charge on any atom is -0.383 e. The fourth-order valence-electron chi connectivity index (χ4n) is 3.36. The summed E-state index contributed by atoms with van der Waals surface area (Å²) in [6.45, 7) is 11.8. The Bertz CT molecular complexity index is 237. The summed E-state index contributed by atoms with van der Waals surface area (Å²) < 4.78 is 5.25. The zero-order valence-corrected chi connectivity index (χ0v) is 13.2. The van der Waals surface area contributed by atoms with Crippen molar-refractivity contribution in [1.82, 2.24) is 9.80 Å². The first kappa shape index (κ1) is 16.9. The van der Waals surface area contributed by atoms with Gasteiger partial charge < -0.3 is 15.4 Å². The molecule has 0 saturated carbocycles. The van der Waals surface area contributed by atoms with Crippen molar-refractivity contribution in [3.63, 3.8) is 0 Å². The molecule has 19 heavy (non-hydrogen) atoms. The number of rotatable bonds is 8. The highest BCUT2D eigenvalue weighted by Gasteiger charge is 2.35. The van der Waals surface area contributed by atoms with Gasteiger partial charge in [-0.05, 0) is 51.9 Å². The van der Waals surface area contributed by atoms with E-state index in [2.05, 4.69) is 23.6 Å². The fraction of sp³-hybridized carbons (Fsp3) is 1.00. The topological polar surface area (TPSA) is 41.7 Å². The van der Waals surface area contributed by atoms with Crippen LogP contribution in [0.15, 0.2) is 0 Å². The minimum atomic E-state index is 0.190. The van der Waals surface area contributed by atoms with Gasteiger partial charge in [0.15, 0.2) is 0 Å². The fourth-order valence-corrected chi connectivity index (χ4v) is 3.36. The summed E-state index contributed by atoms with van der Waals surface area (Å²) in [6, 6.07) is 0. The average molecular weight is 271 g/mol. The number of methoxy groups -OCH3 is 1. The molecular formula is C15H33N3O. The molecule has 0 aromatic carbocycles. The van der Waals surface area contributed by atoms with E-state index in [0.29, 0.717) is 0 Å². The van der Waals surface area contributed by atoms with E-state index in [1.165, 1.54) is 45.3 Å². The van der Waals surface area contributed by atoms with Crippen molar-refractivity contribution in [2.24, 2.45) is 5.73 Å². The second-order valence-electron chi connectivity index (χ2n) is 5.70. The summed E-state index contributed by atoms with van der Waals surface area (Å²) in [7, 11) is 1.78. The summed E-state index contributed by atoms with van der Waals surface area (Å²) in [6.07, 6.45) is 4.93. The van der Waals surface area contributed by atoms with E-state index in [9.17, 15) is 0 Å². The maximum atomic E-state index is 6.17. The zero-order chi connectivity index (χ0) is 14.1. The molecule has 114 valence electrons. The molecule has 1 heterocycles. The molecule has 1 rings (SSSR count). The van der Waals surface area contributed by atoms with E-state index in [0.717, 1.165) is 26.2 Å². The average Bonchev–Trinajstić information content (AvgIpc) is 2.64. The molecule has 2 N–H and O–H groups in total. The lowest BCUT2D eigenvalue weighted by molar-refractivity contribution is 0.0532. The maximum absolute atomic E-state index is 6.17. The minimum absolute atomic E-state index is 0.190. The predicted octanol–water partition coefficient (Wildman–Crippen LogP) is 1.55. The number of likely N-dealkylation sites (N-methyl/N-ethyl adjacent to an activating group) is 1. The first-order chi connectivity index (χ1) is 9.22. The monoisotopic (exact) mass is 271 g/mol. The van der Waals surface area contributed by atoms with Gasteiger partial charge in [-0.15, -0.1) is 0 Å². The van der Waals surface area contributed by atoms with Crippen molar-refractivity contribution in [2.75, 3.05) is 53.0 Å². The lowest BCUT2D eigenvalue weighted by atomic mass is 9.88. The largest absolute Gasteiger partial charge is 0.383 e. The van der Waals surface area contributed by atoms with E-state index in [1.807, 2.05) is 0 Å². The molecule has 1 aliphatic rings. The van der Waals surface area contributed by atoms with Crippen LogP contribution in [0.2, 0.25) is 0 Å². The van der Waals surface area contributed by atoms with Crippen LogP contribution in [0, 0.1) is 0 Å². The highest BCUT2D eigenvalue weighted by molar-refractivity contribution is 4.94. The van der Waals surface area contributed by atoms with Gasteiger partial charge in [-0.25, -0.2) is 0 Å². The molecular weight excluding hydrogens is 238 g/mol. The smallest absolute Gasteiger partial charge is 0.0589 e. The summed E-state index contributed by atoms with van der Waals surface area (Å²) in [5.74, 6) is 0. The molecule has 4 heteroatoms. The van der Waals surface area contributed by atoms with Crippen molar-refractivity contribution in [3.05, 3.63) is 0 Å². The van der Waals surface area contributed by atoms with Crippen LogP contribution < -0.4 is 5.73 Å². The molecule has 4 nitrogen and oxygen atoms in total. The third kappa shape index (κ3) is 4.71. The van der Waals surface area contributed by atoms with Crippen LogP contribution in [0.4, 0.5) is 0 Å². The Kier molecular flexibility index (Phi) is 7.91. The van der Waals surface area contributed by atoms with Gasteiger partial charge in [0.2, 0.25) is 0 Å². The molecule has 1 unspecified atom stereocenters. The van der Waals surface area contributed by atoms with Crippen LogP contribution in [0.25, 0.3) is 0 Å². The Balaban J connectivity index is 2.66. The number of nitrogens with two attached hydrogens (primary N) is 1. The van der Waals surface area contributed by atoms with Crippen molar-refractivity contribution < 1.29 is 4.74 Å². The molecule has 0 aromatic rings. The number of ether oxygens (including phenoxy) is 1. The third-order valence-electron chi connectivity index (χ3n) is 4.55. The molecule has 1 atom stereocenters. The van der Waals surface area contributed by atoms with Crippen molar-refractivity contribution in [2.45, 2.75) is 45.1 Å². The number of nitrogens with zero attached hydrogens (tertiary/aromatic N) is 2. The van der Waals surface area contributed by atoms with E-state index < -0.39 is 0 Å². The van der Waals surface area contributed by atoms with Gasteiger partial charge in [0.25, 0.3) is 0 Å². The quantitative estimate of drug-likeness (QED) is 0.727. The first-order valence-corrected chi connectivity index (χ1v) is 7.88. The second-order valence-corrected chi connectivity index (χ2v) is 5.70. The molecule has 0 amide bonds. The zero-order valence-electron chi connectivity index (χ0n) is 13.2. The second kappa shape index (κ2) is 8.90. The van der Waals surface area contributed by atoms with Gasteiger partial charge in [0, 0.05) is 25.7 Å². The summed E-state index contributed by atoms with van der Waals surface area (Å²) in [5.41, 5.74) is 6.36. The Morgan fingerprint density at radius 1 is 1.26 bits per heavy atom. The van der Waals surface area contributed by atoms with Crippen molar-refractivity contribution in [3.8, 4) is 0 Å². The molecule has 0 aromatic heterocycles. The molecule has 0 radical (unpaired) electrons. The maximum Gasteiger partial charge on any atom is 0.0589 e. The van der Waals surface area contributed by atoms with Gasteiger partial charge in [-0.3, -0.25) is 4.90 Å². The van der Waals surface area contributed by atoms with Crippen LogP contribution in [-0.2, 0) is 4.74 Å². The van der Waals surface area contributed by atoms with Gasteiger partial charge in [0.05, 0.1) is 6.61 Å². The highest BCUT2D eigenvalue weighted by Crippen LogP contribution is 2.28. The summed E-state index contributed by atoms with van der Waals surface area (Å²) in [5, 5.41) is 0. The SMILES string of the molecule is CCCN1CCCC(CN)(N(CC)CCOC)CC1. The number of hydrogen-bond acceptors (Lipinski definition) is 4. The van der Waals surface area contributed by atoms with E-state index in [1.54, 1.807) is 7.11 Å². The Morgan fingerprint density at radius 3 is 2.63 bits per heavy atom. The van der Waals surface area contributed by atoms with Gasteiger partial charge in [-0.2, -0.15) is 0 Å². The van der Waals surface area contributed by atoms with Crippen LogP contribution >= 0.6 is 0 Å². The molecule has 1 saturated heterocycles. The van der Waals surface area contributed by atoms with Gasteiger partial charge in [-0.1, -0.05) is 13.8 Å². The normalized spacial score (nSPS) is 25.7. The highest BCUT2D eigenvalue weighted by atomic mass is 16.5. The van der Waals surface area contributed by atoms with E-state index >= 15 is 0 Å². The van der Waals surface area contributed by atoms with Crippen LogP contribution in [0.3, 0.4) is 0 Å². The lowest BCUT2D eigenvalue weighted by Gasteiger charge is -2.42. The standard InChI is InChI=1S/C15H33N3O/c1-4-9-17-10-6-7-15(14-16,8-11-17)18(5-2)12-13-19-3/h4-14,16H2,1-3H3. The molecule has 1 fully saturated rings. The van der Waals surface area contributed by atoms with Crippen LogP contribution in [-0.4, -0.2) is 68.3 Å². The lowest BCUT2D eigenvalue weighted by Crippen LogP contribution is -2.55. The third-order valence-corrected chi connectivity index (χ3v) is 4.55. The molecule has 1 aliphatic heterocycles.